The number of nitriles is 1. The van der Waals surface area contributed by atoms with Crippen molar-refractivity contribution in [3.63, 3.8) is 0 Å². The molecule has 1 atom stereocenters. The van der Waals surface area contributed by atoms with Crippen molar-refractivity contribution in [3.05, 3.63) is 35.4 Å². The molecule has 0 saturated heterocycles. The van der Waals surface area contributed by atoms with Gasteiger partial charge in [-0.25, -0.2) is 0 Å². The van der Waals surface area contributed by atoms with Crippen molar-refractivity contribution in [3.8, 4) is 6.07 Å². The average molecular weight is 202 g/mol. The predicted molar refractivity (Wildman–Crippen MR) is 62.6 cm³/mol. The second kappa shape index (κ2) is 6.21. The molecule has 0 amide bonds. The highest BCUT2D eigenvalue weighted by Crippen LogP contribution is 2.05. The van der Waals surface area contributed by atoms with Crippen LogP contribution in [0.25, 0.3) is 0 Å². The fraction of sp³-hybridized carbons (Fsp3) is 0.462. The van der Waals surface area contributed by atoms with Gasteiger partial charge in [0, 0.05) is 6.54 Å². The third kappa shape index (κ3) is 4.14. The van der Waals surface area contributed by atoms with E-state index < -0.39 is 0 Å². The van der Waals surface area contributed by atoms with Gasteiger partial charge in [-0.2, -0.15) is 5.26 Å². The van der Waals surface area contributed by atoms with Gasteiger partial charge in [-0.1, -0.05) is 31.2 Å². The normalized spacial score (nSPS) is 12.1. The van der Waals surface area contributed by atoms with Gasteiger partial charge in [0.25, 0.3) is 0 Å². The highest BCUT2D eigenvalue weighted by Gasteiger charge is 1.97. The van der Waals surface area contributed by atoms with Gasteiger partial charge in [-0.3, -0.25) is 0 Å². The van der Waals surface area contributed by atoms with E-state index in [0.717, 1.165) is 19.4 Å². The molecular formula is C13H18N2. The third-order valence-corrected chi connectivity index (χ3v) is 2.49. The van der Waals surface area contributed by atoms with E-state index in [2.05, 4.69) is 42.6 Å². The lowest BCUT2D eigenvalue weighted by Gasteiger charge is -2.06. The molecule has 1 rings (SSSR count). The van der Waals surface area contributed by atoms with Crippen LogP contribution < -0.4 is 5.32 Å². The molecule has 1 aromatic rings. The second-order valence-electron chi connectivity index (χ2n) is 3.72. The average Bonchev–Trinajstić information content (AvgIpc) is 2.29. The van der Waals surface area contributed by atoms with Crippen molar-refractivity contribution >= 4 is 0 Å². The molecule has 0 heterocycles. The highest BCUT2D eigenvalue weighted by molar-refractivity contribution is 5.22. The van der Waals surface area contributed by atoms with E-state index >= 15 is 0 Å². The number of benzene rings is 1. The number of nitrogens with one attached hydrogen (secondary N) is 1. The van der Waals surface area contributed by atoms with Gasteiger partial charge in [0.2, 0.25) is 0 Å². The molecule has 0 saturated carbocycles. The van der Waals surface area contributed by atoms with Crippen molar-refractivity contribution in [2.75, 3.05) is 6.54 Å². The first kappa shape index (κ1) is 11.7. The summed E-state index contributed by atoms with van der Waals surface area (Å²) in [4.78, 5) is 0. The first-order chi connectivity index (χ1) is 7.26. The van der Waals surface area contributed by atoms with Crippen LogP contribution in [0.3, 0.4) is 0 Å². The molecule has 1 unspecified atom stereocenters. The summed E-state index contributed by atoms with van der Waals surface area (Å²) in [7, 11) is 0. The summed E-state index contributed by atoms with van der Waals surface area (Å²) in [6, 6.07) is 10.8. The molecule has 0 fully saturated rings. The van der Waals surface area contributed by atoms with Gasteiger partial charge in [0.1, 0.15) is 0 Å². The third-order valence-electron chi connectivity index (χ3n) is 2.49. The Kier molecular flexibility index (Phi) is 4.86. The minimum Gasteiger partial charge on any atom is -0.302 e. The van der Waals surface area contributed by atoms with Gasteiger partial charge in [0.05, 0.1) is 12.1 Å². The fourth-order valence-corrected chi connectivity index (χ4v) is 1.42. The first-order valence-corrected chi connectivity index (χ1v) is 5.47. The Morgan fingerprint density at radius 1 is 1.27 bits per heavy atom. The molecule has 0 bridgehead atoms. The molecule has 0 aliphatic heterocycles. The van der Waals surface area contributed by atoms with Crippen LogP contribution in [0.2, 0.25) is 0 Å². The molecular weight excluding hydrogens is 184 g/mol. The quantitative estimate of drug-likeness (QED) is 0.795. The van der Waals surface area contributed by atoms with Crippen LogP contribution in [0.1, 0.15) is 25.0 Å². The Morgan fingerprint density at radius 3 is 2.40 bits per heavy atom. The Hall–Kier alpha value is -1.33. The summed E-state index contributed by atoms with van der Waals surface area (Å²) in [6.45, 7) is 4.89. The number of rotatable bonds is 5. The van der Waals surface area contributed by atoms with E-state index in [1.54, 1.807) is 0 Å². The molecule has 0 aliphatic carbocycles. The standard InChI is InChI=1S/C13H18N2/c1-3-12-4-6-13(7-5-12)8-9-15-11(2)10-14/h4-7,11,15H,3,8-9H2,1-2H3. The molecule has 2 heteroatoms. The van der Waals surface area contributed by atoms with Crippen LogP contribution in [0, 0.1) is 11.3 Å². The zero-order chi connectivity index (χ0) is 11.1. The van der Waals surface area contributed by atoms with E-state index in [4.69, 9.17) is 5.26 Å². The molecule has 0 aromatic heterocycles. The Balaban J connectivity index is 2.35. The smallest absolute Gasteiger partial charge is 0.0924 e. The lowest BCUT2D eigenvalue weighted by Crippen LogP contribution is -2.26. The van der Waals surface area contributed by atoms with Crippen molar-refractivity contribution in [1.82, 2.24) is 5.32 Å². The van der Waals surface area contributed by atoms with Gasteiger partial charge >= 0.3 is 0 Å². The Bertz CT molecular complexity index is 321. The Morgan fingerprint density at radius 2 is 1.87 bits per heavy atom. The van der Waals surface area contributed by atoms with E-state index in [1.165, 1.54) is 11.1 Å². The maximum atomic E-state index is 8.59. The summed E-state index contributed by atoms with van der Waals surface area (Å²) in [6.07, 6.45) is 2.07. The molecule has 1 aromatic carbocycles. The molecule has 0 aliphatic rings. The van der Waals surface area contributed by atoms with Crippen LogP contribution >= 0.6 is 0 Å². The highest BCUT2D eigenvalue weighted by atomic mass is 14.9. The molecule has 2 nitrogen and oxygen atoms in total. The number of hydrogen-bond donors (Lipinski definition) is 1. The number of hydrogen-bond acceptors (Lipinski definition) is 2. The lowest BCUT2D eigenvalue weighted by molar-refractivity contribution is 0.640. The van der Waals surface area contributed by atoms with E-state index in [0.29, 0.717) is 0 Å². The van der Waals surface area contributed by atoms with Crippen molar-refractivity contribution in [2.45, 2.75) is 32.7 Å². The van der Waals surface area contributed by atoms with Crippen molar-refractivity contribution in [1.29, 1.82) is 5.26 Å². The van der Waals surface area contributed by atoms with Crippen LogP contribution in [0.15, 0.2) is 24.3 Å². The van der Waals surface area contributed by atoms with Gasteiger partial charge in [-0.05, 0) is 30.9 Å². The SMILES string of the molecule is CCc1ccc(CCNC(C)C#N)cc1. The first-order valence-electron chi connectivity index (χ1n) is 5.47. The van der Waals surface area contributed by atoms with Crippen molar-refractivity contribution < 1.29 is 0 Å². The van der Waals surface area contributed by atoms with Crippen LogP contribution in [0.5, 0.6) is 0 Å². The second-order valence-corrected chi connectivity index (χ2v) is 3.72. The lowest BCUT2D eigenvalue weighted by atomic mass is 10.1. The van der Waals surface area contributed by atoms with E-state index in [1.807, 2.05) is 6.92 Å². The Labute approximate surface area is 91.9 Å². The van der Waals surface area contributed by atoms with Gasteiger partial charge in [0.15, 0.2) is 0 Å². The zero-order valence-electron chi connectivity index (χ0n) is 9.46. The van der Waals surface area contributed by atoms with Crippen molar-refractivity contribution in [2.24, 2.45) is 0 Å². The van der Waals surface area contributed by atoms with E-state index in [9.17, 15) is 0 Å². The van der Waals surface area contributed by atoms with E-state index in [-0.39, 0.29) is 6.04 Å². The summed E-state index contributed by atoms with van der Waals surface area (Å²) in [5.41, 5.74) is 2.70. The maximum absolute atomic E-state index is 8.59. The minimum atomic E-state index is -0.0556. The largest absolute Gasteiger partial charge is 0.302 e. The summed E-state index contributed by atoms with van der Waals surface area (Å²) < 4.78 is 0. The summed E-state index contributed by atoms with van der Waals surface area (Å²) in [5, 5.41) is 11.7. The summed E-state index contributed by atoms with van der Waals surface area (Å²) in [5.74, 6) is 0. The molecule has 15 heavy (non-hydrogen) atoms. The van der Waals surface area contributed by atoms with Gasteiger partial charge < -0.3 is 5.32 Å². The number of nitrogens with zero attached hydrogens (tertiary/aromatic N) is 1. The van der Waals surface area contributed by atoms with Crippen LogP contribution in [-0.4, -0.2) is 12.6 Å². The van der Waals surface area contributed by atoms with Crippen LogP contribution in [-0.2, 0) is 12.8 Å². The zero-order valence-corrected chi connectivity index (χ0v) is 9.46. The topological polar surface area (TPSA) is 35.8 Å². The maximum Gasteiger partial charge on any atom is 0.0924 e. The predicted octanol–water partition coefficient (Wildman–Crippen LogP) is 2.29. The van der Waals surface area contributed by atoms with Gasteiger partial charge in [-0.15, -0.1) is 0 Å². The minimum absolute atomic E-state index is 0.0556. The molecule has 80 valence electrons. The van der Waals surface area contributed by atoms with Crippen LogP contribution in [0.4, 0.5) is 0 Å². The summed E-state index contributed by atoms with van der Waals surface area (Å²) >= 11 is 0. The monoisotopic (exact) mass is 202 g/mol. The number of aryl methyl sites for hydroxylation is 1. The molecule has 1 N–H and O–H groups in total. The molecule has 0 radical (unpaired) electrons. The fourth-order valence-electron chi connectivity index (χ4n) is 1.42. The molecule has 0 spiro atoms.